The van der Waals surface area contributed by atoms with Gasteiger partial charge in [0.2, 0.25) is 0 Å². The van der Waals surface area contributed by atoms with E-state index >= 15 is 0 Å². The molecule has 0 bridgehead atoms. The van der Waals surface area contributed by atoms with Crippen LogP contribution in [0.25, 0.3) is 5.57 Å². The maximum atomic E-state index is 10.3. The fourth-order valence-electron chi connectivity index (χ4n) is 4.07. The topological polar surface area (TPSA) is 20.2 Å². The maximum absolute atomic E-state index is 10.3. The molecule has 0 aliphatic heterocycles. The summed E-state index contributed by atoms with van der Waals surface area (Å²) in [5, 5.41) is 10.3. The van der Waals surface area contributed by atoms with E-state index in [4.69, 9.17) is 0 Å². The molecule has 0 fully saturated rings. The second-order valence-electron chi connectivity index (χ2n) is 7.50. The van der Waals surface area contributed by atoms with E-state index < -0.39 is 0 Å². The number of allylic oxidation sites excluding steroid dienone is 2. The third-order valence-electron chi connectivity index (χ3n) is 5.36. The summed E-state index contributed by atoms with van der Waals surface area (Å²) in [7, 11) is 0. The van der Waals surface area contributed by atoms with Crippen LogP contribution in [-0.2, 0) is 6.42 Å². The van der Waals surface area contributed by atoms with Crippen LogP contribution in [0, 0.1) is 11.3 Å². The summed E-state index contributed by atoms with van der Waals surface area (Å²) >= 11 is 0. The van der Waals surface area contributed by atoms with E-state index in [9.17, 15) is 5.11 Å². The molecule has 0 saturated carbocycles. The van der Waals surface area contributed by atoms with Crippen LogP contribution in [0.5, 0.6) is 5.75 Å². The first-order chi connectivity index (χ1) is 9.40. The van der Waals surface area contributed by atoms with Gasteiger partial charge in [0.15, 0.2) is 0 Å². The molecular formula is C19H26O. The van der Waals surface area contributed by atoms with Gasteiger partial charge in [0.25, 0.3) is 0 Å². The predicted octanol–water partition coefficient (Wildman–Crippen LogP) is 5.28. The standard InChI is InChI=1S/C19H26O/c1-12(2)15-10-13-7-8-17-14(16(13)11-18(15)20)6-5-9-19(17,3)4/h6,10-12,17,20H,5,7-9H2,1-4H3/t17-/m0/s1. The number of benzene rings is 1. The molecule has 0 amide bonds. The van der Waals surface area contributed by atoms with Gasteiger partial charge in [-0.3, -0.25) is 0 Å². The number of phenols is 1. The Kier molecular flexibility index (Phi) is 3.19. The quantitative estimate of drug-likeness (QED) is 0.736. The van der Waals surface area contributed by atoms with Crippen molar-refractivity contribution in [1.29, 1.82) is 0 Å². The molecule has 1 aromatic carbocycles. The van der Waals surface area contributed by atoms with Crippen LogP contribution in [0.4, 0.5) is 0 Å². The van der Waals surface area contributed by atoms with Crippen molar-refractivity contribution in [3.63, 3.8) is 0 Å². The largest absolute Gasteiger partial charge is 0.508 e. The second-order valence-corrected chi connectivity index (χ2v) is 7.50. The zero-order valence-corrected chi connectivity index (χ0v) is 13.2. The Bertz CT molecular complexity index is 563. The van der Waals surface area contributed by atoms with E-state index in [0.29, 0.717) is 23.0 Å². The van der Waals surface area contributed by atoms with Crippen molar-refractivity contribution in [2.24, 2.45) is 11.3 Å². The Morgan fingerprint density at radius 1 is 1.25 bits per heavy atom. The first kappa shape index (κ1) is 13.7. The summed E-state index contributed by atoms with van der Waals surface area (Å²) < 4.78 is 0. The van der Waals surface area contributed by atoms with Crippen LogP contribution in [0.3, 0.4) is 0 Å². The number of phenolic OH excluding ortho intramolecular Hbond substituents is 1. The minimum Gasteiger partial charge on any atom is -0.508 e. The van der Waals surface area contributed by atoms with Crippen LogP contribution < -0.4 is 0 Å². The van der Waals surface area contributed by atoms with E-state index in [-0.39, 0.29) is 0 Å². The van der Waals surface area contributed by atoms with Crippen LogP contribution >= 0.6 is 0 Å². The Hall–Kier alpha value is -1.24. The first-order valence-corrected chi connectivity index (χ1v) is 7.96. The van der Waals surface area contributed by atoms with Gasteiger partial charge in [-0.1, -0.05) is 39.8 Å². The SMILES string of the molecule is CC(C)c1cc2c(cc1O)C1=CCCC(C)(C)[C@H]1CC2. The van der Waals surface area contributed by atoms with Gasteiger partial charge in [-0.15, -0.1) is 0 Å². The summed E-state index contributed by atoms with van der Waals surface area (Å²) in [5.74, 6) is 1.52. The molecule has 2 aliphatic carbocycles. The number of rotatable bonds is 1. The van der Waals surface area contributed by atoms with Crippen LogP contribution in [0.15, 0.2) is 18.2 Å². The first-order valence-electron chi connectivity index (χ1n) is 7.96. The Balaban J connectivity index is 2.10. The fraction of sp³-hybridized carbons (Fsp3) is 0.579. The average Bonchev–Trinajstić information content (AvgIpc) is 2.37. The molecule has 20 heavy (non-hydrogen) atoms. The van der Waals surface area contributed by atoms with Crippen molar-refractivity contribution in [2.75, 3.05) is 0 Å². The monoisotopic (exact) mass is 270 g/mol. The van der Waals surface area contributed by atoms with Gasteiger partial charge in [0.1, 0.15) is 5.75 Å². The lowest BCUT2D eigenvalue weighted by atomic mass is 9.62. The number of aryl methyl sites for hydroxylation is 1. The lowest BCUT2D eigenvalue weighted by Gasteiger charge is -2.43. The van der Waals surface area contributed by atoms with Crippen LogP contribution in [0.1, 0.15) is 69.6 Å². The summed E-state index contributed by atoms with van der Waals surface area (Å²) in [5.41, 5.74) is 5.74. The molecule has 0 radical (unpaired) electrons. The minimum atomic E-state index is 0.384. The highest BCUT2D eigenvalue weighted by Crippen LogP contribution is 2.51. The number of hydrogen-bond donors (Lipinski definition) is 1. The molecular weight excluding hydrogens is 244 g/mol. The molecule has 3 rings (SSSR count). The number of fused-ring (bicyclic) bond motifs is 3. The van der Waals surface area contributed by atoms with Gasteiger partial charge >= 0.3 is 0 Å². The summed E-state index contributed by atoms with van der Waals surface area (Å²) in [6.45, 7) is 9.10. The van der Waals surface area contributed by atoms with Gasteiger partial charge in [-0.2, -0.15) is 0 Å². The van der Waals surface area contributed by atoms with Crippen molar-refractivity contribution in [3.05, 3.63) is 34.9 Å². The summed E-state index contributed by atoms with van der Waals surface area (Å²) in [4.78, 5) is 0. The second kappa shape index (κ2) is 4.65. The lowest BCUT2D eigenvalue weighted by Crippen LogP contribution is -2.31. The number of hydrogen-bond acceptors (Lipinski definition) is 1. The van der Waals surface area contributed by atoms with E-state index in [0.717, 1.165) is 12.0 Å². The lowest BCUT2D eigenvalue weighted by molar-refractivity contribution is 0.223. The molecule has 1 atom stereocenters. The molecule has 1 nitrogen and oxygen atoms in total. The molecule has 1 aromatic rings. The fourth-order valence-corrected chi connectivity index (χ4v) is 4.07. The third kappa shape index (κ3) is 2.08. The molecule has 0 heterocycles. The van der Waals surface area contributed by atoms with Crippen LogP contribution in [0.2, 0.25) is 0 Å². The minimum absolute atomic E-state index is 0.384. The highest BCUT2D eigenvalue weighted by Gasteiger charge is 2.38. The Labute approximate surface area is 122 Å². The number of aromatic hydroxyl groups is 1. The van der Waals surface area contributed by atoms with E-state index in [1.807, 2.05) is 6.07 Å². The Morgan fingerprint density at radius 2 is 2.00 bits per heavy atom. The van der Waals surface area contributed by atoms with Crippen molar-refractivity contribution in [1.82, 2.24) is 0 Å². The molecule has 0 spiro atoms. The Morgan fingerprint density at radius 3 is 2.70 bits per heavy atom. The normalized spacial score (nSPS) is 24.1. The molecule has 0 unspecified atom stereocenters. The average molecular weight is 270 g/mol. The van der Waals surface area contributed by atoms with Gasteiger partial charge in [-0.05, 0) is 71.3 Å². The molecule has 0 aromatic heterocycles. The molecule has 0 saturated heterocycles. The van der Waals surface area contributed by atoms with Gasteiger partial charge in [0, 0.05) is 0 Å². The van der Waals surface area contributed by atoms with E-state index in [2.05, 4.69) is 39.8 Å². The van der Waals surface area contributed by atoms with Crippen molar-refractivity contribution < 1.29 is 5.11 Å². The summed E-state index contributed by atoms with van der Waals surface area (Å²) in [6.07, 6.45) is 7.29. The van der Waals surface area contributed by atoms with Crippen molar-refractivity contribution in [2.45, 2.75) is 59.3 Å². The van der Waals surface area contributed by atoms with Gasteiger partial charge in [-0.25, -0.2) is 0 Å². The molecule has 1 N–H and O–H groups in total. The van der Waals surface area contributed by atoms with Crippen molar-refractivity contribution in [3.8, 4) is 5.75 Å². The third-order valence-corrected chi connectivity index (χ3v) is 5.36. The molecule has 108 valence electrons. The zero-order chi connectivity index (χ0) is 14.5. The molecule has 1 heteroatoms. The highest BCUT2D eigenvalue weighted by molar-refractivity contribution is 5.74. The smallest absolute Gasteiger partial charge is 0.119 e. The zero-order valence-electron chi connectivity index (χ0n) is 13.2. The predicted molar refractivity (Wildman–Crippen MR) is 85.0 cm³/mol. The van der Waals surface area contributed by atoms with E-state index in [1.165, 1.54) is 36.0 Å². The summed E-state index contributed by atoms with van der Waals surface area (Å²) in [6, 6.07) is 4.28. The van der Waals surface area contributed by atoms with E-state index in [1.54, 1.807) is 0 Å². The maximum Gasteiger partial charge on any atom is 0.119 e. The molecule has 2 aliphatic rings. The van der Waals surface area contributed by atoms with Gasteiger partial charge < -0.3 is 5.11 Å². The van der Waals surface area contributed by atoms with Gasteiger partial charge in [0.05, 0.1) is 0 Å². The highest BCUT2D eigenvalue weighted by atomic mass is 16.3. The van der Waals surface area contributed by atoms with Crippen molar-refractivity contribution >= 4 is 5.57 Å². The van der Waals surface area contributed by atoms with Crippen LogP contribution in [-0.4, -0.2) is 5.11 Å².